The molecule has 1 aliphatic rings. The zero-order chi connectivity index (χ0) is 14.4. The molecule has 1 aliphatic heterocycles. The monoisotopic (exact) mass is 268 g/mol. The van der Waals surface area contributed by atoms with E-state index in [9.17, 15) is 0 Å². The van der Waals surface area contributed by atoms with Crippen LogP contribution < -0.4 is 5.32 Å². The molecule has 0 bridgehead atoms. The second-order valence-corrected chi connectivity index (χ2v) is 7.55. The van der Waals surface area contributed by atoms with Crippen molar-refractivity contribution in [2.45, 2.75) is 60.4 Å². The number of hydrogen-bond donors (Lipinski definition) is 1. The van der Waals surface area contributed by atoms with Crippen LogP contribution in [0.1, 0.15) is 54.4 Å². The Kier molecular flexibility index (Phi) is 7.38. The highest BCUT2D eigenvalue weighted by Crippen LogP contribution is 2.22. The summed E-state index contributed by atoms with van der Waals surface area (Å²) in [6.45, 7) is 19.2. The molecule has 1 N–H and O–H groups in total. The third-order valence-electron chi connectivity index (χ3n) is 4.50. The SMILES string of the molecule is CC(C)CC1CN(CC(C(C)C)C(C)C)CCCN1. The molecule has 19 heavy (non-hydrogen) atoms. The van der Waals surface area contributed by atoms with Crippen molar-refractivity contribution in [2.24, 2.45) is 23.7 Å². The zero-order valence-electron chi connectivity index (χ0n) is 14.1. The molecule has 1 unspecified atom stereocenters. The molecule has 1 atom stereocenters. The minimum atomic E-state index is 0.697. The van der Waals surface area contributed by atoms with Crippen LogP contribution >= 0.6 is 0 Å². The molecular weight excluding hydrogens is 232 g/mol. The molecule has 1 rings (SSSR count). The van der Waals surface area contributed by atoms with Crippen molar-refractivity contribution in [1.82, 2.24) is 10.2 Å². The van der Waals surface area contributed by atoms with Gasteiger partial charge in [-0.3, -0.25) is 0 Å². The van der Waals surface area contributed by atoms with Crippen LogP contribution in [0.15, 0.2) is 0 Å². The molecule has 2 nitrogen and oxygen atoms in total. The maximum absolute atomic E-state index is 3.73. The van der Waals surface area contributed by atoms with Crippen LogP contribution in [-0.2, 0) is 0 Å². The van der Waals surface area contributed by atoms with Crippen LogP contribution in [0, 0.1) is 23.7 Å². The van der Waals surface area contributed by atoms with Gasteiger partial charge in [0.25, 0.3) is 0 Å². The Morgan fingerprint density at radius 3 is 2.21 bits per heavy atom. The summed E-state index contributed by atoms with van der Waals surface area (Å²) in [5, 5.41) is 3.73. The Morgan fingerprint density at radius 2 is 1.68 bits per heavy atom. The molecule has 114 valence electrons. The highest BCUT2D eigenvalue weighted by Gasteiger charge is 2.24. The quantitative estimate of drug-likeness (QED) is 0.791. The van der Waals surface area contributed by atoms with Gasteiger partial charge in [-0.05, 0) is 49.6 Å². The van der Waals surface area contributed by atoms with Gasteiger partial charge in [-0.2, -0.15) is 0 Å². The van der Waals surface area contributed by atoms with Crippen LogP contribution in [-0.4, -0.2) is 37.1 Å². The average molecular weight is 268 g/mol. The van der Waals surface area contributed by atoms with E-state index < -0.39 is 0 Å². The molecule has 1 heterocycles. The van der Waals surface area contributed by atoms with Crippen molar-refractivity contribution in [3.63, 3.8) is 0 Å². The fraction of sp³-hybridized carbons (Fsp3) is 1.00. The van der Waals surface area contributed by atoms with Crippen LogP contribution in [0.25, 0.3) is 0 Å². The van der Waals surface area contributed by atoms with Crippen LogP contribution in [0.2, 0.25) is 0 Å². The maximum Gasteiger partial charge on any atom is 0.0197 e. The smallest absolute Gasteiger partial charge is 0.0197 e. The Hall–Kier alpha value is -0.0800. The van der Waals surface area contributed by atoms with Gasteiger partial charge in [0.1, 0.15) is 0 Å². The minimum absolute atomic E-state index is 0.697. The van der Waals surface area contributed by atoms with Crippen LogP contribution in [0.3, 0.4) is 0 Å². The Bertz CT molecular complexity index is 227. The van der Waals surface area contributed by atoms with Crippen LogP contribution in [0.4, 0.5) is 0 Å². The van der Waals surface area contributed by atoms with E-state index in [0.717, 1.165) is 23.7 Å². The van der Waals surface area contributed by atoms with E-state index in [1.54, 1.807) is 0 Å². The Balaban J connectivity index is 2.54. The van der Waals surface area contributed by atoms with Crippen molar-refractivity contribution < 1.29 is 0 Å². The van der Waals surface area contributed by atoms with Gasteiger partial charge < -0.3 is 10.2 Å². The number of nitrogens with zero attached hydrogens (tertiary/aromatic N) is 1. The van der Waals surface area contributed by atoms with Gasteiger partial charge >= 0.3 is 0 Å². The van der Waals surface area contributed by atoms with Gasteiger partial charge in [0.15, 0.2) is 0 Å². The van der Waals surface area contributed by atoms with Crippen molar-refractivity contribution in [2.75, 3.05) is 26.2 Å². The summed E-state index contributed by atoms with van der Waals surface area (Å²) in [6.07, 6.45) is 2.61. The van der Waals surface area contributed by atoms with Crippen LogP contribution in [0.5, 0.6) is 0 Å². The van der Waals surface area contributed by atoms with E-state index in [2.05, 4.69) is 51.8 Å². The zero-order valence-corrected chi connectivity index (χ0v) is 14.1. The molecule has 0 amide bonds. The first-order chi connectivity index (χ1) is 8.90. The molecule has 0 aromatic heterocycles. The lowest BCUT2D eigenvalue weighted by atomic mass is 9.85. The first kappa shape index (κ1) is 17.0. The highest BCUT2D eigenvalue weighted by atomic mass is 15.2. The minimum Gasteiger partial charge on any atom is -0.313 e. The van der Waals surface area contributed by atoms with E-state index in [0.29, 0.717) is 6.04 Å². The summed E-state index contributed by atoms with van der Waals surface area (Å²) >= 11 is 0. The predicted molar refractivity (Wildman–Crippen MR) is 85.5 cm³/mol. The Morgan fingerprint density at radius 1 is 1.05 bits per heavy atom. The van der Waals surface area contributed by atoms with Crippen molar-refractivity contribution in [3.8, 4) is 0 Å². The second-order valence-electron chi connectivity index (χ2n) is 7.55. The van der Waals surface area contributed by atoms with Crippen molar-refractivity contribution in [1.29, 1.82) is 0 Å². The molecule has 0 aliphatic carbocycles. The molecular formula is C17H36N2. The standard InChI is InChI=1S/C17H36N2/c1-13(2)10-16-11-19(9-7-8-18-16)12-17(14(3)4)15(5)6/h13-18H,7-12H2,1-6H3. The second kappa shape index (κ2) is 8.26. The first-order valence-electron chi connectivity index (χ1n) is 8.35. The van der Waals surface area contributed by atoms with Gasteiger partial charge in [0.2, 0.25) is 0 Å². The highest BCUT2D eigenvalue weighted by molar-refractivity contribution is 4.80. The summed E-state index contributed by atoms with van der Waals surface area (Å²) < 4.78 is 0. The lowest BCUT2D eigenvalue weighted by Crippen LogP contribution is -2.41. The largest absolute Gasteiger partial charge is 0.313 e. The van der Waals surface area contributed by atoms with Crippen molar-refractivity contribution in [3.05, 3.63) is 0 Å². The molecule has 0 spiro atoms. The fourth-order valence-corrected chi connectivity index (χ4v) is 3.46. The normalized spacial score (nSPS) is 22.7. The predicted octanol–water partition coefficient (Wildman–Crippen LogP) is 3.62. The van der Waals surface area contributed by atoms with Gasteiger partial charge in [0.05, 0.1) is 0 Å². The van der Waals surface area contributed by atoms with Gasteiger partial charge in [0, 0.05) is 19.1 Å². The lowest BCUT2D eigenvalue weighted by molar-refractivity contribution is 0.160. The number of nitrogens with one attached hydrogen (secondary N) is 1. The fourth-order valence-electron chi connectivity index (χ4n) is 3.46. The summed E-state index contributed by atoms with van der Waals surface area (Å²) in [5.74, 6) is 3.21. The third-order valence-corrected chi connectivity index (χ3v) is 4.50. The molecule has 2 heteroatoms. The Labute approximate surface area is 121 Å². The average Bonchev–Trinajstić information content (AvgIpc) is 2.49. The summed E-state index contributed by atoms with van der Waals surface area (Å²) in [5.41, 5.74) is 0. The van der Waals surface area contributed by atoms with Gasteiger partial charge in [-0.25, -0.2) is 0 Å². The topological polar surface area (TPSA) is 15.3 Å². The molecule has 0 saturated carbocycles. The summed E-state index contributed by atoms with van der Waals surface area (Å²) in [6, 6.07) is 0.697. The maximum atomic E-state index is 3.73. The van der Waals surface area contributed by atoms with E-state index >= 15 is 0 Å². The number of hydrogen-bond acceptors (Lipinski definition) is 2. The molecule has 0 aromatic carbocycles. The summed E-state index contributed by atoms with van der Waals surface area (Å²) in [4.78, 5) is 2.72. The molecule has 0 radical (unpaired) electrons. The molecule has 1 fully saturated rings. The van der Waals surface area contributed by atoms with Gasteiger partial charge in [-0.1, -0.05) is 41.5 Å². The van der Waals surface area contributed by atoms with E-state index in [4.69, 9.17) is 0 Å². The van der Waals surface area contributed by atoms with Crippen molar-refractivity contribution >= 4 is 0 Å². The molecule has 1 saturated heterocycles. The molecule has 0 aromatic rings. The first-order valence-corrected chi connectivity index (χ1v) is 8.35. The number of rotatable bonds is 6. The summed E-state index contributed by atoms with van der Waals surface area (Å²) in [7, 11) is 0. The lowest BCUT2D eigenvalue weighted by Gasteiger charge is -2.33. The van der Waals surface area contributed by atoms with Gasteiger partial charge in [-0.15, -0.1) is 0 Å². The van der Waals surface area contributed by atoms with E-state index in [1.807, 2.05) is 0 Å². The third kappa shape index (κ3) is 6.27. The van der Waals surface area contributed by atoms with E-state index in [1.165, 1.54) is 39.0 Å². The van der Waals surface area contributed by atoms with E-state index in [-0.39, 0.29) is 0 Å².